The Labute approximate surface area is 223 Å². The van der Waals surface area contributed by atoms with E-state index in [0.717, 1.165) is 5.56 Å². The van der Waals surface area contributed by atoms with Crippen LogP contribution in [0.1, 0.15) is 60.4 Å². The number of aromatic hydroxyl groups is 1. The SMILES string of the molecule is CC(C)c1cc(C#Cc2ccc(F)cc2)c(O)c2c1C[C@H]1C[C@H]3CC(=O)C(C(N)=O)=C(O)[C@@]3(O)C(=O)C1=C2O. The monoisotopic (exact) mass is 531 g/mol. The van der Waals surface area contributed by atoms with E-state index in [2.05, 4.69) is 11.8 Å². The van der Waals surface area contributed by atoms with Gasteiger partial charge in [-0.05, 0) is 66.1 Å². The number of aliphatic hydroxyl groups is 3. The van der Waals surface area contributed by atoms with Gasteiger partial charge in [0.05, 0.1) is 11.1 Å². The van der Waals surface area contributed by atoms with Gasteiger partial charge in [0.15, 0.2) is 11.4 Å². The number of phenols is 1. The number of hydrogen-bond acceptors (Lipinski definition) is 7. The van der Waals surface area contributed by atoms with Crippen LogP contribution >= 0.6 is 0 Å². The van der Waals surface area contributed by atoms with E-state index in [1.165, 1.54) is 24.3 Å². The fraction of sp³-hybridized carbons (Fsp3) is 0.300. The average molecular weight is 532 g/mol. The van der Waals surface area contributed by atoms with Crippen molar-refractivity contribution in [2.45, 2.75) is 44.6 Å². The van der Waals surface area contributed by atoms with Crippen LogP contribution in [0.4, 0.5) is 4.39 Å². The number of halogens is 1. The number of Topliss-reactive ketones (excluding diaryl/α,β-unsaturated/α-hetero) is 2. The van der Waals surface area contributed by atoms with E-state index in [1.54, 1.807) is 6.07 Å². The summed E-state index contributed by atoms with van der Waals surface area (Å²) in [7, 11) is 0. The van der Waals surface area contributed by atoms with Crippen LogP contribution in [0.2, 0.25) is 0 Å². The molecule has 8 nitrogen and oxygen atoms in total. The van der Waals surface area contributed by atoms with Gasteiger partial charge in [-0.1, -0.05) is 25.7 Å². The Hall–Kier alpha value is -4.42. The zero-order valence-corrected chi connectivity index (χ0v) is 21.2. The first-order chi connectivity index (χ1) is 18.4. The average Bonchev–Trinajstić information content (AvgIpc) is 2.86. The molecule has 3 aliphatic rings. The zero-order valence-electron chi connectivity index (χ0n) is 21.2. The number of carbonyl (C=O) groups is 3. The van der Waals surface area contributed by atoms with Gasteiger partial charge in [-0.2, -0.15) is 0 Å². The number of fused-ring (bicyclic) bond motifs is 3. The summed E-state index contributed by atoms with van der Waals surface area (Å²) in [4.78, 5) is 38.0. The lowest BCUT2D eigenvalue weighted by Crippen LogP contribution is -2.58. The van der Waals surface area contributed by atoms with Crippen molar-refractivity contribution in [1.29, 1.82) is 0 Å². The molecule has 1 fully saturated rings. The van der Waals surface area contributed by atoms with Gasteiger partial charge in [-0.3, -0.25) is 14.4 Å². The number of phenolic OH excluding ortho intramolecular Hbond substituents is 1. The molecule has 3 aliphatic carbocycles. The number of primary amides is 1. The van der Waals surface area contributed by atoms with Crippen LogP contribution in [0, 0.1) is 29.5 Å². The lowest BCUT2D eigenvalue weighted by molar-refractivity contribution is -0.147. The lowest BCUT2D eigenvalue weighted by atomic mass is 9.59. The number of ketones is 2. The fourth-order valence-electron chi connectivity index (χ4n) is 6.00. The molecule has 0 aliphatic heterocycles. The largest absolute Gasteiger partial charge is 0.508 e. The molecule has 0 spiro atoms. The molecule has 200 valence electrons. The molecular weight excluding hydrogens is 505 g/mol. The second-order valence-corrected chi connectivity index (χ2v) is 10.5. The van der Waals surface area contributed by atoms with Gasteiger partial charge in [0.2, 0.25) is 5.78 Å². The molecule has 0 saturated heterocycles. The van der Waals surface area contributed by atoms with E-state index in [9.17, 15) is 39.2 Å². The molecule has 5 rings (SSSR count). The molecule has 2 aromatic carbocycles. The maximum atomic E-state index is 13.7. The predicted molar refractivity (Wildman–Crippen MR) is 138 cm³/mol. The normalized spacial score (nSPS) is 24.1. The smallest absolute Gasteiger partial charge is 0.255 e. The number of benzene rings is 2. The van der Waals surface area contributed by atoms with Gasteiger partial charge in [0.25, 0.3) is 5.91 Å². The van der Waals surface area contributed by atoms with Crippen molar-refractivity contribution in [3.63, 3.8) is 0 Å². The van der Waals surface area contributed by atoms with E-state index >= 15 is 0 Å². The summed E-state index contributed by atoms with van der Waals surface area (Å²) in [5, 5.41) is 44.7. The Balaban J connectivity index is 1.69. The molecule has 6 N–H and O–H groups in total. The quantitative estimate of drug-likeness (QED) is 0.294. The maximum Gasteiger partial charge on any atom is 0.255 e. The third kappa shape index (κ3) is 3.91. The van der Waals surface area contributed by atoms with Crippen molar-refractivity contribution in [3.8, 4) is 17.6 Å². The Morgan fingerprint density at radius 2 is 1.77 bits per heavy atom. The van der Waals surface area contributed by atoms with Gasteiger partial charge in [-0.15, -0.1) is 0 Å². The summed E-state index contributed by atoms with van der Waals surface area (Å²) >= 11 is 0. The minimum Gasteiger partial charge on any atom is -0.508 e. The van der Waals surface area contributed by atoms with Crippen LogP contribution in [0.3, 0.4) is 0 Å². The molecule has 0 bridgehead atoms. The summed E-state index contributed by atoms with van der Waals surface area (Å²) < 4.78 is 13.3. The van der Waals surface area contributed by atoms with Crippen LogP contribution < -0.4 is 5.73 Å². The van der Waals surface area contributed by atoms with Crippen molar-refractivity contribution in [2.75, 3.05) is 0 Å². The first-order valence-electron chi connectivity index (χ1n) is 12.5. The highest BCUT2D eigenvalue weighted by molar-refractivity contribution is 6.22. The van der Waals surface area contributed by atoms with Crippen molar-refractivity contribution in [2.24, 2.45) is 17.6 Å². The minimum absolute atomic E-state index is 0.00302. The van der Waals surface area contributed by atoms with E-state index in [4.69, 9.17) is 5.73 Å². The Morgan fingerprint density at radius 3 is 2.38 bits per heavy atom. The van der Waals surface area contributed by atoms with Gasteiger partial charge in [0, 0.05) is 23.5 Å². The summed E-state index contributed by atoms with van der Waals surface area (Å²) in [5.74, 6) is -1.54. The van der Waals surface area contributed by atoms with Gasteiger partial charge < -0.3 is 26.2 Å². The number of carbonyl (C=O) groups excluding carboxylic acids is 3. The second kappa shape index (κ2) is 9.10. The molecule has 0 aromatic heterocycles. The number of nitrogens with two attached hydrogens (primary N) is 1. The fourth-order valence-corrected chi connectivity index (χ4v) is 6.00. The van der Waals surface area contributed by atoms with Crippen molar-refractivity contribution < 1.29 is 39.2 Å². The first-order valence-corrected chi connectivity index (χ1v) is 12.5. The van der Waals surface area contributed by atoms with Crippen LogP contribution in [0.15, 0.2) is 47.2 Å². The van der Waals surface area contributed by atoms with Crippen LogP contribution in [-0.4, -0.2) is 43.5 Å². The van der Waals surface area contributed by atoms with E-state index in [0.29, 0.717) is 11.1 Å². The van der Waals surface area contributed by atoms with Crippen molar-refractivity contribution in [3.05, 3.63) is 80.9 Å². The summed E-state index contributed by atoms with van der Waals surface area (Å²) in [6.07, 6.45) is -0.0867. The second-order valence-electron chi connectivity index (χ2n) is 10.5. The third-order valence-electron chi connectivity index (χ3n) is 7.91. The topological polar surface area (TPSA) is 158 Å². The molecule has 0 heterocycles. The number of rotatable bonds is 2. The van der Waals surface area contributed by atoms with Gasteiger partial charge in [0.1, 0.15) is 28.7 Å². The summed E-state index contributed by atoms with van der Waals surface area (Å²) in [6, 6.07) is 7.19. The zero-order chi connectivity index (χ0) is 28.4. The Morgan fingerprint density at radius 1 is 1.10 bits per heavy atom. The standard InChI is InChI=1S/C30H26FNO7/c1-13(2)19-10-15(6-3-14-4-7-18(31)8-5-14)25(34)23-20(19)11-16-9-17-12-21(33)24(29(32)38)28(37)30(17,39)27(36)22(16)26(23)35/h4-5,7-8,10,13,16-17,34-35,37,39H,9,11-12H2,1-2H3,(H2,32,38)/t16-,17+,30+/m1/s1. The Bertz CT molecular complexity index is 1590. The van der Waals surface area contributed by atoms with Crippen LogP contribution in [0.5, 0.6) is 5.75 Å². The molecule has 0 unspecified atom stereocenters. The molecule has 3 atom stereocenters. The summed E-state index contributed by atoms with van der Waals surface area (Å²) in [5.41, 5.74) is 3.63. The number of hydrogen-bond donors (Lipinski definition) is 5. The molecule has 2 aromatic rings. The Kier molecular flexibility index (Phi) is 6.11. The lowest BCUT2D eigenvalue weighted by Gasteiger charge is -2.46. The van der Waals surface area contributed by atoms with Gasteiger partial charge in [-0.25, -0.2) is 4.39 Å². The molecule has 0 radical (unpaired) electrons. The van der Waals surface area contributed by atoms with Crippen molar-refractivity contribution in [1.82, 2.24) is 0 Å². The van der Waals surface area contributed by atoms with E-state index in [-0.39, 0.29) is 47.6 Å². The van der Waals surface area contributed by atoms with E-state index < -0.39 is 57.8 Å². The maximum absolute atomic E-state index is 13.7. The van der Waals surface area contributed by atoms with E-state index in [1.807, 2.05) is 13.8 Å². The highest BCUT2D eigenvalue weighted by atomic mass is 19.1. The number of amides is 1. The highest BCUT2D eigenvalue weighted by Gasteiger charge is 2.60. The van der Waals surface area contributed by atoms with Crippen LogP contribution in [0.25, 0.3) is 5.76 Å². The minimum atomic E-state index is -2.62. The van der Waals surface area contributed by atoms with Crippen molar-refractivity contribution >= 4 is 23.2 Å². The number of aliphatic hydroxyl groups excluding tert-OH is 2. The summed E-state index contributed by atoms with van der Waals surface area (Å²) in [6.45, 7) is 3.86. The highest BCUT2D eigenvalue weighted by Crippen LogP contribution is 2.53. The molecular formula is C30H26FNO7. The van der Waals surface area contributed by atoms with Gasteiger partial charge >= 0.3 is 0 Å². The molecule has 39 heavy (non-hydrogen) atoms. The molecule has 9 heteroatoms. The first kappa shape index (κ1) is 26.2. The molecule has 1 amide bonds. The third-order valence-corrected chi connectivity index (χ3v) is 7.91. The van der Waals surface area contributed by atoms with Crippen LogP contribution in [-0.2, 0) is 20.8 Å². The predicted octanol–water partition coefficient (Wildman–Crippen LogP) is 3.09. The molecule has 1 saturated carbocycles.